The third-order valence-corrected chi connectivity index (χ3v) is 2.84. The van der Waals surface area contributed by atoms with Gasteiger partial charge in [-0.1, -0.05) is 0 Å². The molecule has 0 saturated carbocycles. The van der Waals surface area contributed by atoms with E-state index >= 15 is 0 Å². The summed E-state index contributed by atoms with van der Waals surface area (Å²) in [7, 11) is 0. The van der Waals surface area contributed by atoms with E-state index in [1.807, 2.05) is 32.9 Å². The zero-order valence-corrected chi connectivity index (χ0v) is 10.9. The second kappa shape index (κ2) is 4.72. The van der Waals surface area contributed by atoms with Crippen molar-refractivity contribution >= 4 is 16.6 Å². The number of aromatic nitrogens is 1. The molecular weight excluding hydrogens is 228 g/mol. The second-order valence-corrected chi connectivity index (χ2v) is 4.53. The summed E-state index contributed by atoms with van der Waals surface area (Å²) in [6, 6.07) is 7.37. The van der Waals surface area contributed by atoms with Crippen LogP contribution in [0.4, 0.5) is 5.69 Å². The fourth-order valence-corrected chi connectivity index (χ4v) is 2.11. The highest BCUT2D eigenvalue weighted by atomic mass is 16.5. The summed E-state index contributed by atoms with van der Waals surface area (Å²) in [5.41, 5.74) is 7.25. The Morgan fingerprint density at radius 1 is 1.33 bits per heavy atom. The van der Waals surface area contributed by atoms with E-state index < -0.39 is 0 Å². The van der Waals surface area contributed by atoms with Crippen LogP contribution in [-0.4, -0.2) is 11.2 Å². The fraction of sp³-hybridized carbons (Fsp3) is 0.357. The van der Waals surface area contributed by atoms with Crippen molar-refractivity contribution in [2.75, 3.05) is 12.3 Å². The highest BCUT2D eigenvalue weighted by molar-refractivity contribution is 5.83. The van der Waals surface area contributed by atoms with Gasteiger partial charge in [0.1, 0.15) is 0 Å². The number of benzene rings is 1. The lowest BCUT2D eigenvalue weighted by Gasteiger charge is -2.16. The standard InChI is InChI=1S/C14H18N2O2/c1-4-18-13-8-10-7-11(15)5-6-12(10)16(9(2)3)14(13)17/h5-9H,4,15H2,1-3H3. The number of fused-ring (bicyclic) bond motifs is 1. The fourth-order valence-electron chi connectivity index (χ4n) is 2.11. The van der Waals surface area contributed by atoms with Crippen LogP contribution in [0, 0.1) is 0 Å². The Kier molecular flexibility index (Phi) is 3.28. The Bertz CT molecular complexity index is 629. The third-order valence-electron chi connectivity index (χ3n) is 2.84. The molecule has 0 amide bonds. The van der Waals surface area contributed by atoms with E-state index in [0.717, 1.165) is 10.9 Å². The largest absolute Gasteiger partial charge is 0.488 e. The highest BCUT2D eigenvalue weighted by Gasteiger charge is 2.12. The van der Waals surface area contributed by atoms with Crippen molar-refractivity contribution in [1.82, 2.24) is 4.57 Å². The number of hydrogen-bond acceptors (Lipinski definition) is 3. The molecular formula is C14H18N2O2. The summed E-state index contributed by atoms with van der Waals surface area (Å²) in [5, 5.41) is 0.923. The van der Waals surface area contributed by atoms with E-state index in [2.05, 4.69) is 0 Å². The number of ether oxygens (including phenoxy) is 1. The quantitative estimate of drug-likeness (QED) is 0.847. The van der Waals surface area contributed by atoms with Crippen molar-refractivity contribution in [3.63, 3.8) is 0 Å². The predicted molar refractivity (Wildman–Crippen MR) is 74.2 cm³/mol. The number of hydrogen-bond donors (Lipinski definition) is 1. The lowest BCUT2D eigenvalue weighted by atomic mass is 10.1. The molecule has 0 atom stereocenters. The zero-order valence-electron chi connectivity index (χ0n) is 10.9. The minimum absolute atomic E-state index is 0.0732. The molecule has 96 valence electrons. The number of rotatable bonds is 3. The number of nitrogens with zero attached hydrogens (tertiary/aromatic N) is 1. The molecule has 2 rings (SSSR count). The lowest BCUT2D eigenvalue weighted by Crippen LogP contribution is -2.24. The van der Waals surface area contributed by atoms with E-state index in [0.29, 0.717) is 18.0 Å². The molecule has 0 aliphatic carbocycles. The molecule has 1 heterocycles. The van der Waals surface area contributed by atoms with Gasteiger partial charge in [0.05, 0.1) is 12.1 Å². The van der Waals surface area contributed by atoms with Crippen molar-refractivity contribution in [1.29, 1.82) is 0 Å². The molecule has 0 fully saturated rings. The Labute approximate surface area is 106 Å². The van der Waals surface area contributed by atoms with Crippen LogP contribution < -0.4 is 16.0 Å². The maximum Gasteiger partial charge on any atom is 0.293 e. The van der Waals surface area contributed by atoms with Gasteiger partial charge in [-0.3, -0.25) is 4.79 Å². The zero-order chi connectivity index (χ0) is 13.3. The summed E-state index contributed by atoms with van der Waals surface area (Å²) in [6.07, 6.45) is 0. The van der Waals surface area contributed by atoms with Crippen LogP contribution in [-0.2, 0) is 0 Å². The smallest absolute Gasteiger partial charge is 0.293 e. The van der Waals surface area contributed by atoms with Crippen LogP contribution in [0.3, 0.4) is 0 Å². The van der Waals surface area contributed by atoms with Crippen LogP contribution in [0.15, 0.2) is 29.1 Å². The van der Waals surface area contributed by atoms with Crippen LogP contribution in [0.25, 0.3) is 10.9 Å². The Morgan fingerprint density at radius 3 is 2.67 bits per heavy atom. The van der Waals surface area contributed by atoms with Gasteiger partial charge in [-0.15, -0.1) is 0 Å². The van der Waals surface area contributed by atoms with E-state index in [4.69, 9.17) is 10.5 Å². The van der Waals surface area contributed by atoms with E-state index in [1.165, 1.54) is 0 Å². The topological polar surface area (TPSA) is 57.2 Å². The van der Waals surface area contributed by atoms with Gasteiger partial charge >= 0.3 is 0 Å². The number of anilines is 1. The maximum absolute atomic E-state index is 12.3. The number of pyridine rings is 1. The molecule has 0 radical (unpaired) electrons. The molecule has 0 bridgehead atoms. The minimum atomic E-state index is -0.0934. The van der Waals surface area contributed by atoms with E-state index in [1.54, 1.807) is 16.7 Å². The van der Waals surface area contributed by atoms with Crippen LogP contribution in [0.5, 0.6) is 5.75 Å². The van der Waals surface area contributed by atoms with Gasteiger partial charge in [0.15, 0.2) is 5.75 Å². The molecule has 2 aromatic rings. The summed E-state index contributed by atoms with van der Waals surface area (Å²) >= 11 is 0. The maximum atomic E-state index is 12.3. The van der Waals surface area contributed by atoms with Gasteiger partial charge in [-0.25, -0.2) is 0 Å². The van der Waals surface area contributed by atoms with Gasteiger partial charge in [0.2, 0.25) is 0 Å². The van der Waals surface area contributed by atoms with Crippen LogP contribution >= 0.6 is 0 Å². The SMILES string of the molecule is CCOc1cc2cc(N)ccc2n(C(C)C)c1=O. The van der Waals surface area contributed by atoms with Gasteiger partial charge < -0.3 is 15.0 Å². The minimum Gasteiger partial charge on any atom is -0.488 e. The van der Waals surface area contributed by atoms with Gasteiger partial charge in [-0.2, -0.15) is 0 Å². The molecule has 1 aromatic heterocycles. The average Bonchev–Trinajstić information content (AvgIpc) is 2.30. The molecule has 18 heavy (non-hydrogen) atoms. The van der Waals surface area contributed by atoms with Crippen molar-refractivity contribution in [3.8, 4) is 5.75 Å². The first-order valence-corrected chi connectivity index (χ1v) is 6.12. The Balaban J connectivity index is 2.83. The molecule has 0 unspecified atom stereocenters. The summed E-state index contributed by atoms with van der Waals surface area (Å²) in [5.74, 6) is 0.379. The van der Waals surface area contributed by atoms with Gasteiger partial charge in [-0.05, 0) is 45.0 Å². The molecule has 0 spiro atoms. The molecule has 0 aliphatic rings. The predicted octanol–water partition coefficient (Wildman–Crippen LogP) is 2.56. The molecule has 0 saturated heterocycles. The summed E-state index contributed by atoms with van der Waals surface area (Å²) in [4.78, 5) is 12.3. The molecule has 4 nitrogen and oxygen atoms in total. The van der Waals surface area contributed by atoms with Crippen molar-refractivity contribution in [2.45, 2.75) is 26.8 Å². The third kappa shape index (κ3) is 2.06. The normalized spacial score (nSPS) is 11.1. The van der Waals surface area contributed by atoms with Gasteiger partial charge in [0, 0.05) is 17.1 Å². The molecule has 4 heteroatoms. The van der Waals surface area contributed by atoms with Crippen molar-refractivity contribution < 1.29 is 4.74 Å². The second-order valence-electron chi connectivity index (χ2n) is 4.53. The molecule has 0 aliphatic heterocycles. The van der Waals surface area contributed by atoms with E-state index in [-0.39, 0.29) is 11.6 Å². The summed E-state index contributed by atoms with van der Waals surface area (Å²) in [6.45, 7) is 6.30. The highest BCUT2D eigenvalue weighted by Crippen LogP contribution is 2.22. The van der Waals surface area contributed by atoms with Crippen LogP contribution in [0.2, 0.25) is 0 Å². The first-order chi connectivity index (χ1) is 8.54. The van der Waals surface area contributed by atoms with Crippen LogP contribution in [0.1, 0.15) is 26.8 Å². The lowest BCUT2D eigenvalue weighted by molar-refractivity contribution is 0.332. The monoisotopic (exact) mass is 246 g/mol. The summed E-state index contributed by atoms with van der Waals surface area (Å²) < 4.78 is 7.14. The number of nitrogen functional groups attached to an aromatic ring is 1. The number of nitrogens with two attached hydrogens (primary N) is 1. The Hall–Kier alpha value is -1.97. The molecule has 2 N–H and O–H groups in total. The van der Waals surface area contributed by atoms with E-state index in [9.17, 15) is 4.79 Å². The first kappa shape index (κ1) is 12.5. The van der Waals surface area contributed by atoms with Gasteiger partial charge in [0.25, 0.3) is 5.56 Å². The van der Waals surface area contributed by atoms with Crippen molar-refractivity contribution in [2.24, 2.45) is 0 Å². The molecule has 1 aromatic carbocycles. The average molecular weight is 246 g/mol. The van der Waals surface area contributed by atoms with Crippen molar-refractivity contribution in [3.05, 3.63) is 34.6 Å². The first-order valence-electron chi connectivity index (χ1n) is 6.12. The Morgan fingerprint density at radius 2 is 2.06 bits per heavy atom.